The van der Waals surface area contributed by atoms with Crippen molar-refractivity contribution in [3.8, 4) is 22.3 Å². The number of hydrogen-bond donors (Lipinski definition) is 1. The minimum absolute atomic E-state index is 0.283. The minimum Gasteiger partial charge on any atom is -0.465 e. The summed E-state index contributed by atoms with van der Waals surface area (Å²) in [5.41, 5.74) is 5.86. The highest BCUT2D eigenvalue weighted by molar-refractivity contribution is 6.08. The van der Waals surface area contributed by atoms with E-state index in [4.69, 9.17) is 4.74 Å². The maximum Gasteiger partial charge on any atom is 0.339 e. The fraction of sp³-hybridized carbons (Fsp3) is 0.0741. The molecule has 32 heavy (non-hydrogen) atoms. The largest absolute Gasteiger partial charge is 0.465 e. The van der Waals surface area contributed by atoms with Crippen molar-refractivity contribution in [2.75, 3.05) is 12.4 Å². The zero-order valence-corrected chi connectivity index (χ0v) is 17.8. The predicted molar refractivity (Wildman–Crippen MR) is 126 cm³/mol. The van der Waals surface area contributed by atoms with E-state index in [2.05, 4.69) is 10.3 Å². The summed E-state index contributed by atoms with van der Waals surface area (Å²) in [6.07, 6.45) is 3.22. The average molecular weight is 422 g/mol. The van der Waals surface area contributed by atoms with Gasteiger partial charge in [0.1, 0.15) is 0 Å². The molecule has 0 bridgehead atoms. The summed E-state index contributed by atoms with van der Waals surface area (Å²) < 4.78 is 4.91. The number of carbonyl (C=O) groups is 2. The van der Waals surface area contributed by atoms with Crippen LogP contribution in [0.4, 0.5) is 5.69 Å². The Labute approximate surface area is 186 Å². The summed E-state index contributed by atoms with van der Waals surface area (Å²) in [5.74, 6) is -0.879. The van der Waals surface area contributed by atoms with Crippen LogP contribution in [0, 0.1) is 6.92 Å². The number of pyridine rings is 1. The van der Waals surface area contributed by atoms with Crippen molar-refractivity contribution in [2.24, 2.45) is 0 Å². The quantitative estimate of drug-likeness (QED) is 0.415. The van der Waals surface area contributed by atoms with Crippen LogP contribution in [-0.4, -0.2) is 24.0 Å². The molecule has 0 radical (unpaired) electrons. The predicted octanol–water partition coefficient (Wildman–Crippen LogP) is 5.76. The van der Waals surface area contributed by atoms with Crippen molar-refractivity contribution >= 4 is 17.6 Å². The van der Waals surface area contributed by atoms with Crippen LogP contribution >= 0.6 is 0 Å². The van der Waals surface area contributed by atoms with Gasteiger partial charge in [0.05, 0.1) is 23.9 Å². The third-order valence-corrected chi connectivity index (χ3v) is 5.24. The van der Waals surface area contributed by atoms with Crippen LogP contribution in [0.5, 0.6) is 0 Å². The molecule has 0 unspecified atom stereocenters. The van der Waals surface area contributed by atoms with Gasteiger partial charge < -0.3 is 10.1 Å². The number of carbonyl (C=O) groups excluding carboxylic acids is 2. The van der Waals surface area contributed by atoms with Crippen LogP contribution in [0.3, 0.4) is 0 Å². The van der Waals surface area contributed by atoms with E-state index >= 15 is 0 Å². The Morgan fingerprint density at radius 1 is 0.812 bits per heavy atom. The number of anilines is 1. The van der Waals surface area contributed by atoms with Gasteiger partial charge in [0, 0.05) is 18.0 Å². The van der Waals surface area contributed by atoms with E-state index in [0.717, 1.165) is 27.8 Å². The van der Waals surface area contributed by atoms with Crippen molar-refractivity contribution in [2.45, 2.75) is 6.92 Å². The van der Waals surface area contributed by atoms with Crippen LogP contribution in [0.1, 0.15) is 26.3 Å². The average Bonchev–Trinajstić information content (AvgIpc) is 2.84. The first-order valence-electron chi connectivity index (χ1n) is 10.2. The van der Waals surface area contributed by atoms with Gasteiger partial charge in [0.25, 0.3) is 5.91 Å². The molecule has 1 aromatic heterocycles. The van der Waals surface area contributed by atoms with Crippen molar-refractivity contribution in [3.63, 3.8) is 0 Å². The maximum atomic E-state index is 13.1. The highest BCUT2D eigenvalue weighted by Gasteiger charge is 2.17. The molecule has 1 N–H and O–H groups in total. The molecule has 0 aliphatic rings. The molecule has 4 rings (SSSR count). The Kier molecular flexibility index (Phi) is 6.08. The Morgan fingerprint density at radius 3 is 2.31 bits per heavy atom. The maximum absolute atomic E-state index is 13.1. The lowest BCUT2D eigenvalue weighted by atomic mass is 9.98. The molecule has 1 heterocycles. The number of methoxy groups -OCH3 is 1. The lowest BCUT2D eigenvalue weighted by Gasteiger charge is -2.13. The highest BCUT2D eigenvalue weighted by atomic mass is 16.5. The van der Waals surface area contributed by atoms with Crippen LogP contribution in [0.25, 0.3) is 22.3 Å². The number of rotatable bonds is 5. The van der Waals surface area contributed by atoms with E-state index in [0.29, 0.717) is 11.3 Å². The first-order chi connectivity index (χ1) is 15.6. The van der Waals surface area contributed by atoms with Gasteiger partial charge in [0.2, 0.25) is 0 Å². The Balaban J connectivity index is 1.70. The summed E-state index contributed by atoms with van der Waals surface area (Å²) in [6.45, 7) is 2.02. The molecule has 1 amide bonds. The molecule has 158 valence electrons. The molecular weight excluding hydrogens is 400 g/mol. The van der Waals surface area contributed by atoms with Crippen LogP contribution in [0.15, 0.2) is 91.3 Å². The van der Waals surface area contributed by atoms with Crippen LogP contribution in [-0.2, 0) is 4.74 Å². The molecule has 4 aromatic rings. The zero-order chi connectivity index (χ0) is 22.5. The normalized spacial score (nSPS) is 10.4. The van der Waals surface area contributed by atoms with Gasteiger partial charge in [-0.3, -0.25) is 9.78 Å². The lowest BCUT2D eigenvalue weighted by Crippen LogP contribution is -2.16. The number of aryl methyl sites for hydroxylation is 1. The number of nitrogens with one attached hydrogen (secondary N) is 1. The van der Waals surface area contributed by atoms with Crippen LogP contribution < -0.4 is 5.32 Å². The van der Waals surface area contributed by atoms with E-state index in [1.54, 1.807) is 24.4 Å². The number of amides is 1. The number of esters is 1. The molecule has 5 nitrogen and oxygen atoms in total. The van der Waals surface area contributed by atoms with Gasteiger partial charge in [-0.05, 0) is 47.4 Å². The van der Waals surface area contributed by atoms with Crippen molar-refractivity contribution in [1.29, 1.82) is 0 Å². The topological polar surface area (TPSA) is 68.3 Å². The standard InChI is InChI=1S/C27H22N2O3/c1-18-8-6-7-11-23(18)20-12-13-24(27(31)32-2)25(15-20)29-26(30)22-14-21(16-28-17-22)19-9-4-3-5-10-19/h3-17H,1-2H3,(H,29,30). The first-order valence-corrected chi connectivity index (χ1v) is 10.2. The number of aromatic nitrogens is 1. The highest BCUT2D eigenvalue weighted by Crippen LogP contribution is 2.29. The second kappa shape index (κ2) is 9.27. The molecule has 0 saturated carbocycles. The number of hydrogen-bond acceptors (Lipinski definition) is 4. The van der Waals surface area contributed by atoms with Crippen molar-refractivity contribution < 1.29 is 14.3 Å². The van der Waals surface area contributed by atoms with Crippen molar-refractivity contribution in [1.82, 2.24) is 4.98 Å². The third kappa shape index (κ3) is 4.42. The molecule has 0 aliphatic carbocycles. The van der Waals surface area contributed by atoms with E-state index < -0.39 is 5.97 Å². The Bertz CT molecular complexity index is 1280. The fourth-order valence-corrected chi connectivity index (χ4v) is 3.55. The van der Waals surface area contributed by atoms with E-state index in [1.807, 2.05) is 67.6 Å². The lowest BCUT2D eigenvalue weighted by molar-refractivity contribution is 0.0602. The van der Waals surface area contributed by atoms with Gasteiger partial charge in [-0.2, -0.15) is 0 Å². The van der Waals surface area contributed by atoms with Gasteiger partial charge in [-0.1, -0.05) is 60.7 Å². The number of ether oxygens (including phenoxy) is 1. The second-order valence-electron chi connectivity index (χ2n) is 7.35. The molecule has 0 aliphatic heterocycles. The molecule has 3 aromatic carbocycles. The fourth-order valence-electron chi connectivity index (χ4n) is 3.55. The molecule has 5 heteroatoms. The van der Waals surface area contributed by atoms with E-state index in [1.165, 1.54) is 13.3 Å². The monoisotopic (exact) mass is 422 g/mol. The first kappa shape index (κ1) is 21.0. The van der Waals surface area contributed by atoms with Gasteiger partial charge in [-0.15, -0.1) is 0 Å². The summed E-state index contributed by atoms with van der Waals surface area (Å²) in [6, 6.07) is 24.7. The summed E-state index contributed by atoms with van der Waals surface area (Å²) in [7, 11) is 1.32. The van der Waals surface area contributed by atoms with Crippen LogP contribution in [0.2, 0.25) is 0 Å². The molecule has 0 atom stereocenters. The Hall–Kier alpha value is -4.25. The smallest absolute Gasteiger partial charge is 0.339 e. The SMILES string of the molecule is COC(=O)c1ccc(-c2ccccc2C)cc1NC(=O)c1cncc(-c2ccccc2)c1. The number of nitrogens with zero attached hydrogens (tertiary/aromatic N) is 1. The van der Waals surface area contributed by atoms with Crippen molar-refractivity contribution in [3.05, 3.63) is 108 Å². The minimum atomic E-state index is -0.521. The van der Waals surface area contributed by atoms with Gasteiger partial charge in [-0.25, -0.2) is 4.79 Å². The summed E-state index contributed by atoms with van der Waals surface area (Å²) in [4.78, 5) is 29.6. The summed E-state index contributed by atoms with van der Waals surface area (Å²) >= 11 is 0. The second-order valence-corrected chi connectivity index (χ2v) is 7.35. The molecular formula is C27H22N2O3. The molecule has 0 fully saturated rings. The Morgan fingerprint density at radius 2 is 1.56 bits per heavy atom. The zero-order valence-electron chi connectivity index (χ0n) is 17.8. The van der Waals surface area contributed by atoms with Gasteiger partial charge in [0.15, 0.2) is 0 Å². The molecule has 0 saturated heterocycles. The summed E-state index contributed by atoms with van der Waals surface area (Å²) in [5, 5.41) is 2.87. The third-order valence-electron chi connectivity index (χ3n) is 5.24. The van der Waals surface area contributed by atoms with E-state index in [-0.39, 0.29) is 11.5 Å². The number of benzene rings is 3. The van der Waals surface area contributed by atoms with Gasteiger partial charge >= 0.3 is 5.97 Å². The molecule has 0 spiro atoms. The van der Waals surface area contributed by atoms with E-state index in [9.17, 15) is 9.59 Å².